The summed E-state index contributed by atoms with van der Waals surface area (Å²) in [4.78, 5) is 11.3. The van der Waals surface area contributed by atoms with Gasteiger partial charge in [-0.3, -0.25) is 4.79 Å². The van der Waals surface area contributed by atoms with E-state index in [1.54, 1.807) is 0 Å². The van der Waals surface area contributed by atoms with Crippen LogP contribution in [-0.4, -0.2) is 27.5 Å². The summed E-state index contributed by atoms with van der Waals surface area (Å²) >= 11 is 0. The van der Waals surface area contributed by atoms with E-state index in [1.807, 2.05) is 0 Å². The number of benzene rings is 1. The molecule has 1 amide bonds. The summed E-state index contributed by atoms with van der Waals surface area (Å²) in [6, 6.07) is 3.24. The number of hydrogen-bond acceptors (Lipinski definition) is 4. The number of nitrogens with one attached hydrogen (secondary N) is 1. The van der Waals surface area contributed by atoms with Crippen LogP contribution in [0.5, 0.6) is 0 Å². The lowest BCUT2D eigenvalue weighted by Gasteiger charge is -2.21. The second-order valence-electron chi connectivity index (χ2n) is 4.49. The highest BCUT2D eigenvalue weighted by Crippen LogP contribution is 2.23. The molecule has 5 nitrogen and oxygen atoms in total. The summed E-state index contributed by atoms with van der Waals surface area (Å²) in [6.45, 7) is 0.975. The minimum absolute atomic E-state index is 0.183. The summed E-state index contributed by atoms with van der Waals surface area (Å²) in [7, 11) is 0.937. The zero-order chi connectivity index (χ0) is 14.8. The molecule has 0 spiro atoms. The van der Waals surface area contributed by atoms with Gasteiger partial charge in [0.15, 0.2) is 0 Å². The van der Waals surface area contributed by atoms with Crippen molar-refractivity contribution < 1.29 is 22.3 Å². The largest absolute Gasteiger partial charge is 0.381 e. The van der Waals surface area contributed by atoms with E-state index in [-0.39, 0.29) is 17.5 Å². The maximum atomic E-state index is 13.6. The van der Waals surface area contributed by atoms with Crippen LogP contribution >= 0.6 is 10.7 Å². The Hall–Kier alpha value is -1.18. The molecule has 1 N–H and O–H groups in total. The topological polar surface area (TPSA) is 72.5 Å². The van der Waals surface area contributed by atoms with Crippen molar-refractivity contribution in [3.63, 3.8) is 0 Å². The van der Waals surface area contributed by atoms with Crippen LogP contribution in [0.2, 0.25) is 0 Å². The Kier molecular flexibility index (Phi) is 4.62. The molecule has 1 aliphatic heterocycles. The lowest BCUT2D eigenvalue weighted by Crippen LogP contribution is -2.30. The number of hydrogen-bond donors (Lipinski definition) is 1. The Morgan fingerprint density at radius 1 is 1.45 bits per heavy atom. The van der Waals surface area contributed by atoms with E-state index < -0.39 is 19.8 Å². The molecule has 2 rings (SSSR count). The van der Waals surface area contributed by atoms with Crippen LogP contribution in [-0.2, 0) is 18.6 Å². The molecule has 110 valence electrons. The van der Waals surface area contributed by atoms with Crippen molar-refractivity contribution >= 4 is 31.3 Å². The van der Waals surface area contributed by atoms with Gasteiger partial charge in [0.25, 0.3) is 9.05 Å². The monoisotopic (exact) mass is 321 g/mol. The van der Waals surface area contributed by atoms with Gasteiger partial charge in [-0.2, -0.15) is 0 Å². The predicted molar refractivity (Wildman–Crippen MR) is 71.6 cm³/mol. The van der Waals surface area contributed by atoms with E-state index in [1.165, 1.54) is 6.07 Å². The second kappa shape index (κ2) is 6.07. The first-order valence-electron chi connectivity index (χ1n) is 6.01. The van der Waals surface area contributed by atoms with Gasteiger partial charge in [-0.15, -0.1) is 0 Å². The molecule has 1 aliphatic rings. The maximum Gasteiger partial charge on any atom is 0.264 e. The molecule has 20 heavy (non-hydrogen) atoms. The van der Waals surface area contributed by atoms with Gasteiger partial charge >= 0.3 is 0 Å². The van der Waals surface area contributed by atoms with Gasteiger partial charge in [0, 0.05) is 23.0 Å². The normalized spacial score (nSPS) is 19.6. The Morgan fingerprint density at radius 3 is 2.75 bits per heavy atom. The summed E-state index contributed by atoms with van der Waals surface area (Å²) in [5.74, 6) is -1.55. The van der Waals surface area contributed by atoms with E-state index in [4.69, 9.17) is 15.4 Å². The number of rotatable bonds is 3. The predicted octanol–water partition coefficient (Wildman–Crippen LogP) is 2.12. The highest BCUT2D eigenvalue weighted by atomic mass is 35.7. The van der Waals surface area contributed by atoms with Crippen molar-refractivity contribution in [2.75, 3.05) is 18.5 Å². The van der Waals surface area contributed by atoms with Crippen LogP contribution in [0.15, 0.2) is 23.1 Å². The SMILES string of the molecule is O=C(Nc1ccc(S(=O)(=O)Cl)c(F)c1)C1CCCOC1. The number of ether oxygens (including phenoxy) is 1. The molecule has 1 atom stereocenters. The maximum absolute atomic E-state index is 13.6. The van der Waals surface area contributed by atoms with Crippen LogP contribution in [0.25, 0.3) is 0 Å². The molecule has 1 aromatic carbocycles. The molecule has 0 aliphatic carbocycles. The molecule has 1 aromatic rings. The molecule has 0 bridgehead atoms. The van der Waals surface area contributed by atoms with E-state index >= 15 is 0 Å². The fourth-order valence-corrected chi connectivity index (χ4v) is 2.87. The summed E-state index contributed by atoms with van der Waals surface area (Å²) < 4.78 is 40.9. The lowest BCUT2D eigenvalue weighted by molar-refractivity contribution is -0.123. The van der Waals surface area contributed by atoms with Gasteiger partial charge in [0.2, 0.25) is 5.91 Å². The van der Waals surface area contributed by atoms with Crippen LogP contribution in [0.3, 0.4) is 0 Å². The van der Waals surface area contributed by atoms with E-state index in [9.17, 15) is 17.6 Å². The van der Waals surface area contributed by atoms with Gasteiger partial charge in [-0.1, -0.05) is 0 Å². The minimum atomic E-state index is -4.13. The van der Waals surface area contributed by atoms with Crippen molar-refractivity contribution in [3.8, 4) is 0 Å². The van der Waals surface area contributed by atoms with Crippen molar-refractivity contribution in [2.45, 2.75) is 17.7 Å². The van der Waals surface area contributed by atoms with Crippen LogP contribution in [0, 0.1) is 11.7 Å². The number of amides is 1. The van der Waals surface area contributed by atoms with Gasteiger partial charge < -0.3 is 10.1 Å². The number of carbonyl (C=O) groups excluding carboxylic acids is 1. The Bertz CT molecular complexity index is 614. The fraction of sp³-hybridized carbons (Fsp3) is 0.417. The van der Waals surface area contributed by atoms with Gasteiger partial charge in [0.1, 0.15) is 10.7 Å². The molecular weight excluding hydrogens is 309 g/mol. The van der Waals surface area contributed by atoms with Gasteiger partial charge in [-0.05, 0) is 31.0 Å². The van der Waals surface area contributed by atoms with E-state index in [2.05, 4.69) is 5.32 Å². The summed E-state index contributed by atoms with van der Waals surface area (Å²) in [5.41, 5.74) is 0.183. The Balaban J connectivity index is 2.10. The first kappa shape index (κ1) is 15.2. The fourth-order valence-electron chi connectivity index (χ4n) is 1.97. The molecule has 0 saturated carbocycles. The van der Waals surface area contributed by atoms with Crippen molar-refractivity contribution in [1.29, 1.82) is 0 Å². The highest BCUT2D eigenvalue weighted by Gasteiger charge is 2.22. The van der Waals surface area contributed by atoms with Crippen LogP contribution in [0.4, 0.5) is 10.1 Å². The smallest absolute Gasteiger partial charge is 0.264 e. The number of anilines is 1. The quantitative estimate of drug-likeness (QED) is 0.866. The van der Waals surface area contributed by atoms with Gasteiger partial charge in [0.05, 0.1) is 12.5 Å². The molecule has 0 radical (unpaired) electrons. The summed E-state index contributed by atoms with van der Waals surface area (Å²) in [6.07, 6.45) is 1.51. The minimum Gasteiger partial charge on any atom is -0.381 e. The number of halogens is 2. The molecule has 1 heterocycles. The number of carbonyl (C=O) groups is 1. The third-order valence-electron chi connectivity index (χ3n) is 2.99. The molecule has 1 unspecified atom stereocenters. The van der Waals surface area contributed by atoms with Crippen molar-refractivity contribution in [2.24, 2.45) is 5.92 Å². The third kappa shape index (κ3) is 3.68. The molecule has 1 saturated heterocycles. The van der Waals surface area contributed by atoms with Crippen molar-refractivity contribution in [3.05, 3.63) is 24.0 Å². The standard InChI is InChI=1S/C12H13ClFNO4S/c13-20(17,18)11-4-3-9(6-10(11)14)15-12(16)8-2-1-5-19-7-8/h3-4,6,8H,1-2,5,7H2,(H,15,16). The lowest BCUT2D eigenvalue weighted by atomic mass is 10.0. The molecule has 0 aromatic heterocycles. The van der Waals surface area contributed by atoms with E-state index in [0.717, 1.165) is 18.6 Å². The zero-order valence-electron chi connectivity index (χ0n) is 10.4. The van der Waals surface area contributed by atoms with Gasteiger partial charge in [-0.25, -0.2) is 12.8 Å². The molecule has 1 fully saturated rings. The Labute approximate surface area is 120 Å². The second-order valence-corrected chi connectivity index (χ2v) is 7.02. The third-order valence-corrected chi connectivity index (χ3v) is 4.35. The Morgan fingerprint density at radius 2 is 2.20 bits per heavy atom. The average Bonchev–Trinajstić information content (AvgIpc) is 2.38. The average molecular weight is 322 g/mol. The van der Waals surface area contributed by atoms with Crippen LogP contribution in [0.1, 0.15) is 12.8 Å². The summed E-state index contributed by atoms with van der Waals surface area (Å²) in [5, 5.41) is 2.53. The highest BCUT2D eigenvalue weighted by molar-refractivity contribution is 8.13. The zero-order valence-corrected chi connectivity index (χ0v) is 12.0. The first-order valence-corrected chi connectivity index (χ1v) is 8.31. The first-order chi connectivity index (χ1) is 9.38. The molecule has 8 heteroatoms. The molecular formula is C12H13ClFNO4S. The van der Waals surface area contributed by atoms with E-state index in [0.29, 0.717) is 19.6 Å². The van der Waals surface area contributed by atoms with Crippen LogP contribution < -0.4 is 5.32 Å². The van der Waals surface area contributed by atoms with Crippen molar-refractivity contribution in [1.82, 2.24) is 0 Å².